The Labute approximate surface area is 177 Å². The van der Waals surface area contributed by atoms with Crippen molar-refractivity contribution in [1.29, 1.82) is 5.26 Å². The summed E-state index contributed by atoms with van der Waals surface area (Å²) in [6, 6.07) is 6.06. The van der Waals surface area contributed by atoms with E-state index in [4.69, 9.17) is 4.98 Å². The predicted octanol–water partition coefficient (Wildman–Crippen LogP) is 2.72. The summed E-state index contributed by atoms with van der Waals surface area (Å²) in [5.41, 5.74) is 2.51. The molecule has 8 nitrogen and oxygen atoms in total. The molecule has 1 fully saturated rings. The van der Waals surface area contributed by atoms with Gasteiger partial charge in [-0.15, -0.1) is 0 Å². The molecule has 1 N–H and O–H groups in total. The summed E-state index contributed by atoms with van der Waals surface area (Å²) in [5.74, 6) is 1.66. The number of anilines is 2. The fourth-order valence-corrected chi connectivity index (χ4v) is 4.15. The normalized spacial score (nSPS) is 16.6. The third-order valence-electron chi connectivity index (χ3n) is 5.65. The first kappa shape index (κ1) is 20.1. The average molecular weight is 405 g/mol. The van der Waals surface area contributed by atoms with E-state index >= 15 is 0 Å². The molecule has 4 rings (SSSR count). The zero-order valence-corrected chi connectivity index (χ0v) is 17.8. The first-order valence-electron chi connectivity index (χ1n) is 10.6. The number of hydrogen-bond donors (Lipinski definition) is 1. The number of rotatable bonds is 6. The Morgan fingerprint density at radius 1 is 1.30 bits per heavy atom. The van der Waals surface area contributed by atoms with Crippen LogP contribution in [0.3, 0.4) is 0 Å². The van der Waals surface area contributed by atoms with Crippen LogP contribution in [-0.2, 0) is 0 Å². The van der Waals surface area contributed by atoms with Crippen molar-refractivity contribution in [3.63, 3.8) is 0 Å². The molecular weight excluding hydrogens is 376 g/mol. The highest BCUT2D eigenvalue weighted by atomic mass is 15.3. The molecule has 0 aromatic carbocycles. The van der Waals surface area contributed by atoms with Gasteiger partial charge in [0.15, 0.2) is 5.65 Å². The summed E-state index contributed by atoms with van der Waals surface area (Å²) >= 11 is 0. The number of fused-ring (bicyclic) bond motifs is 1. The Morgan fingerprint density at radius 2 is 2.17 bits per heavy atom. The van der Waals surface area contributed by atoms with Crippen molar-refractivity contribution in [3.8, 4) is 11.9 Å². The van der Waals surface area contributed by atoms with Crippen molar-refractivity contribution in [3.05, 3.63) is 36.4 Å². The number of hydrogen-bond acceptors (Lipinski definition) is 7. The molecule has 0 bridgehead atoms. The maximum Gasteiger partial charge on any atom is 0.153 e. The first-order valence-corrected chi connectivity index (χ1v) is 10.6. The minimum Gasteiger partial charge on any atom is -0.370 e. The molecule has 156 valence electrons. The maximum absolute atomic E-state index is 9.33. The number of aromatic nitrogens is 4. The Morgan fingerprint density at radius 3 is 2.90 bits per heavy atom. The standard InChI is InChI=1S/C22H28N8/c1-4-9-28(5-2)18-14-30(19-11-17(12-23)6-7-25-19)22-20(18)21(26-15-27-22)29-10-8-24-13-16(29)3/h6-7,11,14-16,24H,4-5,8-10,13H2,1-3H3/t16-/m0/s1. The minimum atomic E-state index is 0.342. The highest BCUT2D eigenvalue weighted by Gasteiger charge is 2.26. The van der Waals surface area contributed by atoms with Gasteiger partial charge in [0.05, 0.1) is 22.7 Å². The molecule has 1 saturated heterocycles. The van der Waals surface area contributed by atoms with Crippen LogP contribution in [-0.4, -0.2) is 58.3 Å². The summed E-state index contributed by atoms with van der Waals surface area (Å²) < 4.78 is 1.99. The number of nitrogens with zero attached hydrogens (tertiary/aromatic N) is 7. The van der Waals surface area contributed by atoms with E-state index < -0.39 is 0 Å². The number of pyridine rings is 1. The van der Waals surface area contributed by atoms with E-state index in [0.717, 1.165) is 61.7 Å². The van der Waals surface area contributed by atoms with Crippen molar-refractivity contribution in [2.75, 3.05) is 42.5 Å². The smallest absolute Gasteiger partial charge is 0.153 e. The van der Waals surface area contributed by atoms with Gasteiger partial charge in [-0.1, -0.05) is 6.92 Å². The summed E-state index contributed by atoms with van der Waals surface area (Å²) in [5, 5.41) is 13.8. The van der Waals surface area contributed by atoms with E-state index in [2.05, 4.69) is 58.1 Å². The third kappa shape index (κ3) is 3.57. The van der Waals surface area contributed by atoms with E-state index in [0.29, 0.717) is 17.4 Å². The third-order valence-corrected chi connectivity index (χ3v) is 5.65. The van der Waals surface area contributed by atoms with Crippen LogP contribution in [0.2, 0.25) is 0 Å². The SMILES string of the molecule is CCCN(CC)c1cn(-c2cc(C#N)ccn2)c2ncnc(N3CCNC[C@@H]3C)c12. The lowest BCUT2D eigenvalue weighted by Crippen LogP contribution is -2.50. The van der Waals surface area contributed by atoms with E-state index in [-0.39, 0.29) is 0 Å². The second kappa shape index (κ2) is 8.67. The topological polar surface area (TPSA) is 85.9 Å². The van der Waals surface area contributed by atoms with Crippen LogP contribution in [0, 0.1) is 11.3 Å². The predicted molar refractivity (Wildman–Crippen MR) is 119 cm³/mol. The van der Waals surface area contributed by atoms with E-state index in [9.17, 15) is 5.26 Å². The Bertz CT molecular complexity index is 1070. The number of nitriles is 1. The lowest BCUT2D eigenvalue weighted by atomic mass is 10.2. The minimum absolute atomic E-state index is 0.342. The van der Waals surface area contributed by atoms with Crippen LogP contribution >= 0.6 is 0 Å². The Hall–Kier alpha value is -3.18. The fraction of sp³-hybridized carbons (Fsp3) is 0.455. The van der Waals surface area contributed by atoms with Gasteiger partial charge in [-0.2, -0.15) is 5.26 Å². The molecular formula is C22H28N8. The van der Waals surface area contributed by atoms with Gasteiger partial charge >= 0.3 is 0 Å². The molecule has 1 aliphatic rings. The van der Waals surface area contributed by atoms with Gasteiger partial charge < -0.3 is 15.1 Å². The van der Waals surface area contributed by atoms with Crippen LogP contribution < -0.4 is 15.1 Å². The molecule has 1 atom stereocenters. The monoisotopic (exact) mass is 404 g/mol. The van der Waals surface area contributed by atoms with Crippen molar-refractivity contribution >= 4 is 22.5 Å². The Kier molecular flexibility index (Phi) is 5.81. The van der Waals surface area contributed by atoms with Crippen LogP contribution in [0.25, 0.3) is 16.9 Å². The zero-order valence-electron chi connectivity index (χ0n) is 17.8. The van der Waals surface area contributed by atoms with E-state index in [1.807, 2.05) is 4.57 Å². The molecule has 0 spiro atoms. The fourth-order valence-electron chi connectivity index (χ4n) is 4.15. The number of piperazine rings is 1. The molecule has 8 heteroatoms. The zero-order chi connectivity index (χ0) is 21.1. The van der Waals surface area contributed by atoms with Gasteiger partial charge in [0.2, 0.25) is 0 Å². The summed E-state index contributed by atoms with van der Waals surface area (Å²) in [7, 11) is 0. The van der Waals surface area contributed by atoms with Crippen molar-refractivity contribution in [2.45, 2.75) is 33.2 Å². The highest BCUT2D eigenvalue weighted by molar-refractivity contribution is 6.00. The molecule has 0 amide bonds. The first-order chi connectivity index (χ1) is 14.7. The second-order valence-corrected chi connectivity index (χ2v) is 7.62. The van der Waals surface area contributed by atoms with Crippen LogP contribution in [0.15, 0.2) is 30.9 Å². The van der Waals surface area contributed by atoms with Crippen molar-refractivity contribution < 1.29 is 0 Å². The van der Waals surface area contributed by atoms with Crippen LogP contribution in [0.5, 0.6) is 0 Å². The molecule has 0 unspecified atom stereocenters. The summed E-state index contributed by atoms with van der Waals surface area (Å²) in [6.07, 6.45) is 6.45. The molecule has 0 aliphatic carbocycles. The van der Waals surface area contributed by atoms with Crippen LogP contribution in [0.4, 0.5) is 11.5 Å². The van der Waals surface area contributed by atoms with Gasteiger partial charge in [0.1, 0.15) is 18.0 Å². The molecule has 4 heterocycles. The van der Waals surface area contributed by atoms with Crippen molar-refractivity contribution in [2.24, 2.45) is 0 Å². The second-order valence-electron chi connectivity index (χ2n) is 7.62. The van der Waals surface area contributed by atoms with Gasteiger partial charge in [-0.25, -0.2) is 15.0 Å². The quantitative estimate of drug-likeness (QED) is 0.676. The average Bonchev–Trinajstić information content (AvgIpc) is 3.17. The van der Waals surface area contributed by atoms with E-state index in [1.165, 1.54) is 0 Å². The van der Waals surface area contributed by atoms with Crippen molar-refractivity contribution in [1.82, 2.24) is 24.8 Å². The van der Waals surface area contributed by atoms with Gasteiger partial charge in [-0.05, 0) is 32.4 Å². The van der Waals surface area contributed by atoms with Gasteiger partial charge in [0.25, 0.3) is 0 Å². The van der Waals surface area contributed by atoms with E-state index in [1.54, 1.807) is 24.7 Å². The van der Waals surface area contributed by atoms with Gasteiger partial charge in [-0.3, -0.25) is 4.57 Å². The molecule has 30 heavy (non-hydrogen) atoms. The van der Waals surface area contributed by atoms with Crippen LogP contribution in [0.1, 0.15) is 32.8 Å². The molecule has 3 aromatic rings. The number of nitrogens with one attached hydrogen (secondary N) is 1. The lowest BCUT2D eigenvalue weighted by Gasteiger charge is -2.35. The largest absolute Gasteiger partial charge is 0.370 e. The van der Waals surface area contributed by atoms with Gasteiger partial charge in [0, 0.05) is 51.2 Å². The highest BCUT2D eigenvalue weighted by Crippen LogP contribution is 2.36. The molecule has 0 radical (unpaired) electrons. The lowest BCUT2D eigenvalue weighted by molar-refractivity contribution is 0.498. The molecule has 0 saturated carbocycles. The molecule has 1 aliphatic heterocycles. The summed E-state index contributed by atoms with van der Waals surface area (Å²) in [6.45, 7) is 11.2. The summed E-state index contributed by atoms with van der Waals surface area (Å²) in [4.78, 5) is 18.6. The molecule has 3 aromatic heterocycles. The Balaban J connectivity index is 1.96. The maximum atomic E-state index is 9.33.